The number of carbonyl (C=O) groups excluding carboxylic acids is 3. The highest BCUT2D eigenvalue weighted by molar-refractivity contribution is 6.08. The number of hydrogen-bond donors (Lipinski definition) is 1. The highest BCUT2D eigenvalue weighted by Crippen LogP contribution is 2.41. The number of aliphatic hydroxyl groups is 1. The van der Waals surface area contributed by atoms with Crippen molar-refractivity contribution < 1.29 is 33.4 Å². The average Bonchev–Trinajstić information content (AvgIpc) is 3.00. The predicted octanol–water partition coefficient (Wildman–Crippen LogP) is 1.75. The van der Waals surface area contributed by atoms with Crippen molar-refractivity contribution in [2.45, 2.75) is 19.8 Å². The lowest BCUT2D eigenvalue weighted by Crippen LogP contribution is -2.42. The number of rotatable bonds is 5. The molecule has 1 aliphatic carbocycles. The predicted molar refractivity (Wildman–Crippen MR) is 77.4 cm³/mol. The Hall–Kier alpha value is -2.57. The molecule has 0 bridgehead atoms. The fourth-order valence-corrected chi connectivity index (χ4v) is 2.68. The van der Waals surface area contributed by atoms with Gasteiger partial charge in [-0.05, 0) is 26.0 Å². The van der Waals surface area contributed by atoms with Gasteiger partial charge in [-0.3, -0.25) is 14.4 Å². The molecule has 0 spiro atoms. The molecule has 1 heterocycles. The van der Waals surface area contributed by atoms with Crippen LogP contribution < -0.4 is 0 Å². The van der Waals surface area contributed by atoms with Gasteiger partial charge >= 0.3 is 11.9 Å². The van der Waals surface area contributed by atoms with Crippen molar-refractivity contribution in [3.8, 4) is 0 Å². The summed E-state index contributed by atoms with van der Waals surface area (Å²) >= 11 is 0. The SMILES string of the molecule is CCOC(=O)[C@H]1C(=O)C=C(O)[C@@H](C(=O)OCC)[C@@H]1c1ccco1. The van der Waals surface area contributed by atoms with Gasteiger partial charge in [0.2, 0.25) is 0 Å². The molecule has 0 unspecified atom stereocenters. The van der Waals surface area contributed by atoms with Gasteiger partial charge in [-0.1, -0.05) is 0 Å². The number of ketones is 1. The minimum atomic E-state index is -1.27. The largest absolute Gasteiger partial charge is 0.511 e. The summed E-state index contributed by atoms with van der Waals surface area (Å²) in [7, 11) is 0. The Bertz CT molecular complexity index is 614. The van der Waals surface area contributed by atoms with E-state index in [-0.39, 0.29) is 19.0 Å². The molecule has 23 heavy (non-hydrogen) atoms. The minimum Gasteiger partial charge on any atom is -0.511 e. The quantitative estimate of drug-likeness (QED) is 0.650. The van der Waals surface area contributed by atoms with Crippen LogP contribution in [0.1, 0.15) is 25.5 Å². The van der Waals surface area contributed by atoms with Crippen molar-refractivity contribution in [2.75, 3.05) is 13.2 Å². The summed E-state index contributed by atoms with van der Waals surface area (Å²) in [5.74, 6) is -5.84. The zero-order valence-corrected chi connectivity index (χ0v) is 12.9. The average molecular weight is 322 g/mol. The Balaban J connectivity index is 2.50. The van der Waals surface area contributed by atoms with E-state index in [0.717, 1.165) is 6.08 Å². The Morgan fingerprint density at radius 1 is 1.17 bits per heavy atom. The van der Waals surface area contributed by atoms with Crippen LogP contribution in [0.5, 0.6) is 0 Å². The fourth-order valence-electron chi connectivity index (χ4n) is 2.68. The number of hydrogen-bond acceptors (Lipinski definition) is 7. The van der Waals surface area contributed by atoms with Gasteiger partial charge in [0.15, 0.2) is 5.78 Å². The van der Waals surface area contributed by atoms with Crippen LogP contribution in [0.3, 0.4) is 0 Å². The summed E-state index contributed by atoms with van der Waals surface area (Å²) in [6, 6.07) is 3.11. The minimum absolute atomic E-state index is 0.0905. The zero-order valence-electron chi connectivity index (χ0n) is 12.9. The topological polar surface area (TPSA) is 103 Å². The Kier molecular flexibility index (Phi) is 5.20. The zero-order chi connectivity index (χ0) is 17.0. The lowest BCUT2D eigenvalue weighted by atomic mass is 9.72. The van der Waals surface area contributed by atoms with Crippen LogP contribution >= 0.6 is 0 Å². The highest BCUT2D eigenvalue weighted by Gasteiger charge is 2.50. The van der Waals surface area contributed by atoms with Crippen molar-refractivity contribution in [3.63, 3.8) is 0 Å². The van der Waals surface area contributed by atoms with Gasteiger partial charge in [0.25, 0.3) is 0 Å². The first-order valence-electron chi connectivity index (χ1n) is 7.32. The summed E-state index contributed by atoms with van der Waals surface area (Å²) in [5, 5.41) is 10.1. The summed E-state index contributed by atoms with van der Waals surface area (Å²) < 4.78 is 15.2. The van der Waals surface area contributed by atoms with E-state index in [0.29, 0.717) is 0 Å². The maximum absolute atomic E-state index is 12.2. The molecule has 7 nitrogen and oxygen atoms in total. The molecule has 0 saturated carbocycles. The summed E-state index contributed by atoms with van der Waals surface area (Å²) in [5.41, 5.74) is 0. The molecule has 1 aliphatic rings. The first-order chi connectivity index (χ1) is 11.0. The van der Waals surface area contributed by atoms with E-state index in [4.69, 9.17) is 13.9 Å². The van der Waals surface area contributed by atoms with Gasteiger partial charge < -0.3 is 19.0 Å². The summed E-state index contributed by atoms with van der Waals surface area (Å²) in [6.45, 7) is 3.43. The van der Waals surface area contributed by atoms with Crippen molar-refractivity contribution in [3.05, 3.63) is 36.0 Å². The summed E-state index contributed by atoms with van der Waals surface area (Å²) in [6.07, 6.45) is 2.24. The van der Waals surface area contributed by atoms with E-state index in [1.54, 1.807) is 19.9 Å². The Morgan fingerprint density at radius 3 is 2.30 bits per heavy atom. The van der Waals surface area contributed by atoms with Crippen LogP contribution in [0, 0.1) is 11.8 Å². The molecular weight excluding hydrogens is 304 g/mol. The third-order valence-corrected chi connectivity index (χ3v) is 3.59. The second-order valence-electron chi connectivity index (χ2n) is 4.97. The third kappa shape index (κ3) is 3.28. The van der Waals surface area contributed by atoms with Crippen LogP contribution in [0.25, 0.3) is 0 Å². The van der Waals surface area contributed by atoms with Crippen LogP contribution in [0.2, 0.25) is 0 Å². The van der Waals surface area contributed by atoms with Gasteiger partial charge in [0.05, 0.1) is 25.4 Å². The molecule has 0 amide bonds. The maximum Gasteiger partial charge on any atom is 0.317 e. The molecule has 0 aliphatic heterocycles. The van der Waals surface area contributed by atoms with Crippen molar-refractivity contribution in [1.82, 2.24) is 0 Å². The molecule has 0 radical (unpaired) electrons. The monoisotopic (exact) mass is 322 g/mol. The van der Waals surface area contributed by atoms with Gasteiger partial charge in [-0.2, -0.15) is 0 Å². The number of carbonyl (C=O) groups is 3. The van der Waals surface area contributed by atoms with E-state index < -0.39 is 41.2 Å². The van der Waals surface area contributed by atoms with Crippen molar-refractivity contribution in [1.29, 1.82) is 0 Å². The third-order valence-electron chi connectivity index (χ3n) is 3.59. The lowest BCUT2D eigenvalue weighted by Gasteiger charge is -2.31. The van der Waals surface area contributed by atoms with Gasteiger partial charge in [-0.25, -0.2) is 0 Å². The molecule has 7 heteroatoms. The molecule has 0 saturated heterocycles. The number of ether oxygens (including phenoxy) is 2. The molecule has 1 aromatic rings. The Morgan fingerprint density at radius 2 is 1.78 bits per heavy atom. The molecule has 1 aromatic heterocycles. The first kappa shape index (κ1) is 16.8. The molecule has 2 rings (SSSR count). The second kappa shape index (κ2) is 7.13. The molecule has 1 N–H and O–H groups in total. The standard InChI is InChI=1S/C16H18O7/c1-3-21-15(19)12-9(17)8-10(18)13(16(20)22-4-2)14(12)11-6-5-7-23-11/h5-8,12-14,17H,3-4H2,1-2H3/t12-,13+,14+/m1/s1. The Labute approximate surface area is 132 Å². The first-order valence-corrected chi connectivity index (χ1v) is 7.32. The van der Waals surface area contributed by atoms with Crippen LogP contribution in [0.4, 0.5) is 0 Å². The van der Waals surface area contributed by atoms with E-state index in [1.807, 2.05) is 0 Å². The molecule has 124 valence electrons. The van der Waals surface area contributed by atoms with E-state index in [9.17, 15) is 19.5 Å². The van der Waals surface area contributed by atoms with E-state index in [1.165, 1.54) is 12.3 Å². The smallest absolute Gasteiger partial charge is 0.317 e. The normalized spacial score (nSPS) is 24.0. The molecule has 0 aromatic carbocycles. The van der Waals surface area contributed by atoms with E-state index in [2.05, 4.69) is 0 Å². The second-order valence-corrected chi connectivity index (χ2v) is 4.97. The highest BCUT2D eigenvalue weighted by atomic mass is 16.5. The van der Waals surface area contributed by atoms with Crippen LogP contribution in [0.15, 0.2) is 34.6 Å². The van der Waals surface area contributed by atoms with Gasteiger partial charge in [-0.15, -0.1) is 0 Å². The van der Waals surface area contributed by atoms with Crippen LogP contribution in [-0.4, -0.2) is 36.0 Å². The lowest BCUT2D eigenvalue weighted by molar-refractivity contribution is -0.156. The summed E-state index contributed by atoms with van der Waals surface area (Å²) in [4.78, 5) is 36.6. The molecular formula is C16H18O7. The van der Waals surface area contributed by atoms with Crippen LogP contribution in [-0.2, 0) is 23.9 Å². The number of furan rings is 1. The number of allylic oxidation sites excluding steroid dienone is 1. The fraction of sp³-hybridized carbons (Fsp3) is 0.438. The molecule has 3 atom stereocenters. The number of esters is 2. The van der Waals surface area contributed by atoms with E-state index >= 15 is 0 Å². The molecule has 0 fully saturated rings. The number of aliphatic hydroxyl groups excluding tert-OH is 1. The van der Waals surface area contributed by atoms with Crippen molar-refractivity contribution >= 4 is 17.7 Å². The maximum atomic E-state index is 12.2. The van der Waals surface area contributed by atoms with Gasteiger partial charge in [0.1, 0.15) is 23.4 Å². The van der Waals surface area contributed by atoms with Gasteiger partial charge in [0, 0.05) is 6.08 Å². The van der Waals surface area contributed by atoms with Crippen molar-refractivity contribution in [2.24, 2.45) is 11.8 Å².